The van der Waals surface area contributed by atoms with E-state index in [1.165, 1.54) is 11.1 Å². The van der Waals surface area contributed by atoms with Crippen LogP contribution in [0.2, 0.25) is 5.02 Å². The average Bonchev–Trinajstić information content (AvgIpc) is 2.70. The van der Waals surface area contributed by atoms with E-state index in [-0.39, 0.29) is 0 Å². The predicted octanol–water partition coefficient (Wildman–Crippen LogP) is 6.22. The lowest BCUT2D eigenvalue weighted by molar-refractivity contribution is 0.231. The van der Waals surface area contributed by atoms with Crippen molar-refractivity contribution in [1.82, 2.24) is 4.90 Å². The van der Waals surface area contributed by atoms with E-state index in [1.54, 1.807) is 0 Å². The molecule has 140 valence electrons. The van der Waals surface area contributed by atoms with Crippen molar-refractivity contribution in [3.8, 4) is 5.75 Å². The number of hydrogen-bond acceptors (Lipinski definition) is 2. The fraction of sp³-hybridized carbons (Fsp3) is 0.217. The normalized spacial score (nSPS) is 12.1. The molecule has 0 radical (unpaired) electrons. The van der Waals surface area contributed by atoms with E-state index in [1.807, 2.05) is 42.5 Å². The molecule has 0 heterocycles. The van der Waals surface area contributed by atoms with Crippen LogP contribution in [0.3, 0.4) is 0 Å². The molecule has 4 heteroatoms. The molecule has 3 aromatic carbocycles. The van der Waals surface area contributed by atoms with Gasteiger partial charge in [0.25, 0.3) is 0 Å². The molecule has 1 unspecified atom stereocenters. The highest BCUT2D eigenvalue weighted by molar-refractivity contribution is 14.1. The number of para-hydroxylation sites is 1. The van der Waals surface area contributed by atoms with Crippen molar-refractivity contribution in [3.05, 3.63) is 101 Å². The van der Waals surface area contributed by atoms with Crippen LogP contribution in [0.5, 0.6) is 5.75 Å². The van der Waals surface area contributed by atoms with Gasteiger partial charge in [-0.05, 0) is 35.4 Å². The first-order chi connectivity index (χ1) is 13.2. The van der Waals surface area contributed by atoms with Gasteiger partial charge in [0.2, 0.25) is 0 Å². The summed E-state index contributed by atoms with van der Waals surface area (Å²) in [6.45, 7) is 3.44. The van der Waals surface area contributed by atoms with Gasteiger partial charge in [0.05, 0.1) is 3.92 Å². The number of nitrogens with zero attached hydrogens (tertiary/aromatic N) is 1. The number of hydrogen-bond donors (Lipinski definition) is 0. The molecule has 0 amide bonds. The van der Waals surface area contributed by atoms with Crippen molar-refractivity contribution in [2.45, 2.75) is 17.0 Å². The van der Waals surface area contributed by atoms with Crippen LogP contribution in [0.15, 0.2) is 84.9 Å². The molecule has 0 aliphatic carbocycles. The van der Waals surface area contributed by atoms with Crippen molar-refractivity contribution in [2.24, 2.45) is 0 Å². The fourth-order valence-electron chi connectivity index (χ4n) is 2.91. The molecule has 0 fully saturated rings. The van der Waals surface area contributed by atoms with Crippen LogP contribution in [0.4, 0.5) is 0 Å². The number of halogens is 2. The van der Waals surface area contributed by atoms with Crippen molar-refractivity contribution < 1.29 is 4.74 Å². The lowest BCUT2D eigenvalue weighted by Gasteiger charge is -2.25. The molecular weight excluding hydrogens is 469 g/mol. The first kappa shape index (κ1) is 20.2. The van der Waals surface area contributed by atoms with Gasteiger partial charge in [-0.25, -0.2) is 0 Å². The second-order valence-corrected chi connectivity index (χ2v) is 8.70. The highest BCUT2D eigenvalue weighted by atomic mass is 127. The zero-order chi connectivity index (χ0) is 18.9. The first-order valence-electron chi connectivity index (χ1n) is 9.02. The van der Waals surface area contributed by atoms with Crippen molar-refractivity contribution >= 4 is 34.2 Å². The van der Waals surface area contributed by atoms with Crippen molar-refractivity contribution in [1.29, 1.82) is 0 Å². The third-order valence-corrected chi connectivity index (χ3v) is 5.20. The Morgan fingerprint density at radius 1 is 0.778 bits per heavy atom. The van der Waals surface area contributed by atoms with E-state index in [4.69, 9.17) is 16.3 Å². The van der Waals surface area contributed by atoms with Crippen LogP contribution in [-0.4, -0.2) is 22.0 Å². The summed E-state index contributed by atoms with van der Waals surface area (Å²) in [5, 5.41) is 0.774. The summed E-state index contributed by atoms with van der Waals surface area (Å²) in [6, 6.07) is 28.7. The van der Waals surface area contributed by atoms with Crippen molar-refractivity contribution in [2.75, 3.05) is 13.2 Å². The summed E-state index contributed by atoms with van der Waals surface area (Å²) in [4.78, 5) is 2.46. The van der Waals surface area contributed by atoms with E-state index in [0.717, 1.165) is 30.4 Å². The standard InChI is InChI=1S/C23H23ClINO/c24-21-13-11-20(12-14-21)16-26(15-19-7-3-1-4-8-19)17-22(25)18-27-23-9-5-2-6-10-23/h1-14,22H,15-18H2. The minimum absolute atomic E-state index is 0.388. The summed E-state index contributed by atoms with van der Waals surface area (Å²) in [5.74, 6) is 0.923. The predicted molar refractivity (Wildman–Crippen MR) is 122 cm³/mol. The molecule has 0 saturated heterocycles. The van der Waals surface area contributed by atoms with E-state index < -0.39 is 0 Å². The van der Waals surface area contributed by atoms with Gasteiger partial charge in [0.15, 0.2) is 0 Å². The maximum atomic E-state index is 6.03. The van der Waals surface area contributed by atoms with Crippen LogP contribution in [0.1, 0.15) is 11.1 Å². The van der Waals surface area contributed by atoms with E-state index >= 15 is 0 Å². The summed E-state index contributed by atoms with van der Waals surface area (Å²) in [5.41, 5.74) is 2.59. The Kier molecular flexibility index (Phi) is 7.99. The number of ether oxygens (including phenoxy) is 1. The molecule has 27 heavy (non-hydrogen) atoms. The van der Waals surface area contributed by atoms with Gasteiger partial charge < -0.3 is 4.74 Å². The third kappa shape index (κ3) is 7.17. The Balaban J connectivity index is 1.62. The Morgan fingerprint density at radius 3 is 1.96 bits per heavy atom. The van der Waals surface area contributed by atoms with Gasteiger partial charge in [0, 0.05) is 24.7 Å². The number of alkyl halides is 1. The maximum absolute atomic E-state index is 6.03. The molecule has 2 nitrogen and oxygen atoms in total. The van der Waals surface area contributed by atoms with Crippen LogP contribution >= 0.6 is 34.2 Å². The lowest BCUT2D eigenvalue weighted by Crippen LogP contribution is -2.32. The summed E-state index contributed by atoms with van der Waals surface area (Å²) in [6.07, 6.45) is 0. The first-order valence-corrected chi connectivity index (χ1v) is 10.6. The van der Waals surface area contributed by atoms with Gasteiger partial charge in [0.1, 0.15) is 12.4 Å². The molecular formula is C23H23ClINO. The lowest BCUT2D eigenvalue weighted by atomic mass is 10.1. The van der Waals surface area contributed by atoms with Crippen LogP contribution < -0.4 is 4.74 Å². The molecule has 3 rings (SSSR count). The molecule has 3 aromatic rings. The summed E-state index contributed by atoms with van der Waals surface area (Å²) < 4.78 is 6.32. The Bertz CT molecular complexity index is 796. The fourth-order valence-corrected chi connectivity index (χ4v) is 3.77. The quantitative estimate of drug-likeness (QED) is 0.260. The SMILES string of the molecule is Clc1ccc(CN(Cc2ccccc2)CC(I)COc2ccccc2)cc1. The van der Waals surface area contributed by atoms with Gasteiger partial charge in [-0.1, -0.05) is 94.9 Å². The van der Waals surface area contributed by atoms with Crippen molar-refractivity contribution in [3.63, 3.8) is 0 Å². The van der Waals surface area contributed by atoms with Crippen LogP contribution in [0.25, 0.3) is 0 Å². The molecule has 0 aromatic heterocycles. The van der Waals surface area contributed by atoms with Gasteiger partial charge in [-0.15, -0.1) is 0 Å². The van der Waals surface area contributed by atoms with Gasteiger partial charge in [-0.3, -0.25) is 4.90 Å². The molecule has 0 aliphatic rings. The molecule has 0 saturated carbocycles. The number of benzene rings is 3. The summed E-state index contributed by atoms with van der Waals surface area (Å²) in [7, 11) is 0. The highest BCUT2D eigenvalue weighted by Gasteiger charge is 2.14. The summed E-state index contributed by atoms with van der Waals surface area (Å²) >= 11 is 8.52. The number of rotatable bonds is 9. The largest absolute Gasteiger partial charge is 0.492 e. The third-order valence-electron chi connectivity index (χ3n) is 4.20. The van der Waals surface area contributed by atoms with Gasteiger partial charge >= 0.3 is 0 Å². The Morgan fingerprint density at radius 2 is 1.33 bits per heavy atom. The minimum atomic E-state index is 0.388. The Labute approximate surface area is 180 Å². The maximum Gasteiger partial charge on any atom is 0.119 e. The second kappa shape index (κ2) is 10.7. The second-order valence-electron chi connectivity index (χ2n) is 6.50. The molecule has 0 bridgehead atoms. The zero-order valence-electron chi connectivity index (χ0n) is 15.1. The monoisotopic (exact) mass is 491 g/mol. The van der Waals surface area contributed by atoms with E-state index in [2.05, 4.69) is 70.0 Å². The zero-order valence-corrected chi connectivity index (χ0v) is 18.0. The Hall–Kier alpha value is -1.56. The average molecular weight is 492 g/mol. The minimum Gasteiger partial charge on any atom is -0.492 e. The van der Waals surface area contributed by atoms with Crippen LogP contribution in [-0.2, 0) is 13.1 Å². The van der Waals surface area contributed by atoms with Gasteiger partial charge in [-0.2, -0.15) is 0 Å². The molecule has 0 N–H and O–H groups in total. The van der Waals surface area contributed by atoms with E-state index in [9.17, 15) is 0 Å². The topological polar surface area (TPSA) is 12.5 Å². The smallest absolute Gasteiger partial charge is 0.119 e. The molecule has 1 atom stereocenters. The highest BCUT2D eigenvalue weighted by Crippen LogP contribution is 2.17. The van der Waals surface area contributed by atoms with Crippen LogP contribution in [0, 0.1) is 0 Å². The molecule has 0 aliphatic heterocycles. The molecule has 0 spiro atoms. The van der Waals surface area contributed by atoms with E-state index in [0.29, 0.717) is 10.5 Å².